The molecule has 0 radical (unpaired) electrons. The fraction of sp³-hybridized carbons (Fsp3) is 0.571. The fourth-order valence-electron chi connectivity index (χ4n) is 1.76. The van der Waals surface area contributed by atoms with Crippen LogP contribution in [0.1, 0.15) is 30.4 Å². The number of nitrogens with one attached hydrogen (secondary N) is 1. The van der Waals surface area contributed by atoms with Gasteiger partial charge in [0.05, 0.1) is 0 Å². The van der Waals surface area contributed by atoms with Crippen LogP contribution in [0.2, 0.25) is 0 Å². The van der Waals surface area contributed by atoms with E-state index in [1.807, 2.05) is 11.8 Å². The van der Waals surface area contributed by atoms with Gasteiger partial charge in [-0.25, -0.2) is 0 Å². The molecule has 0 saturated heterocycles. The zero-order valence-corrected chi connectivity index (χ0v) is 10.9. The molecule has 0 spiro atoms. The Kier molecular flexibility index (Phi) is 4.73. The highest BCUT2D eigenvalue weighted by atomic mass is 32.2. The molecule has 1 aromatic carbocycles. The van der Waals surface area contributed by atoms with Crippen molar-refractivity contribution in [1.82, 2.24) is 5.32 Å². The second-order valence-electron chi connectivity index (χ2n) is 4.62. The first kappa shape index (κ1) is 12.0. The summed E-state index contributed by atoms with van der Waals surface area (Å²) < 4.78 is 0. The number of hydrogen-bond donors (Lipinski definition) is 1. The van der Waals surface area contributed by atoms with Gasteiger partial charge in [-0.1, -0.05) is 29.8 Å². The van der Waals surface area contributed by atoms with Gasteiger partial charge in [-0.15, -0.1) is 0 Å². The largest absolute Gasteiger partial charge is 0.314 e. The van der Waals surface area contributed by atoms with Crippen LogP contribution in [0.5, 0.6) is 0 Å². The Bertz CT molecular complexity index is 320. The predicted octanol–water partition coefficient (Wildman–Crippen LogP) is 3.37. The van der Waals surface area contributed by atoms with Crippen LogP contribution in [-0.4, -0.2) is 18.3 Å². The van der Waals surface area contributed by atoms with E-state index in [4.69, 9.17) is 0 Å². The Morgan fingerprint density at radius 1 is 1.38 bits per heavy atom. The highest BCUT2D eigenvalue weighted by Gasteiger charge is 2.19. The monoisotopic (exact) mass is 235 g/mol. The van der Waals surface area contributed by atoms with Gasteiger partial charge in [0.25, 0.3) is 0 Å². The molecule has 0 amide bonds. The lowest BCUT2D eigenvalue weighted by Gasteiger charge is -2.04. The molecule has 0 atom stereocenters. The SMILES string of the molecule is Cc1cccc(CSCCCNC2CC2)c1. The third kappa shape index (κ3) is 4.58. The van der Waals surface area contributed by atoms with E-state index in [9.17, 15) is 0 Å². The third-order valence-corrected chi connectivity index (χ3v) is 3.94. The topological polar surface area (TPSA) is 12.0 Å². The molecule has 16 heavy (non-hydrogen) atoms. The first-order chi connectivity index (χ1) is 7.84. The molecule has 1 aliphatic carbocycles. The van der Waals surface area contributed by atoms with Gasteiger partial charge in [0.1, 0.15) is 0 Å². The van der Waals surface area contributed by atoms with Crippen molar-refractivity contribution >= 4 is 11.8 Å². The van der Waals surface area contributed by atoms with Crippen molar-refractivity contribution in [2.45, 2.75) is 38.0 Å². The van der Waals surface area contributed by atoms with Gasteiger partial charge in [0.2, 0.25) is 0 Å². The Morgan fingerprint density at radius 3 is 3.00 bits per heavy atom. The van der Waals surface area contributed by atoms with Gasteiger partial charge in [-0.3, -0.25) is 0 Å². The summed E-state index contributed by atoms with van der Waals surface area (Å²) in [5, 5.41) is 3.55. The van der Waals surface area contributed by atoms with E-state index in [-0.39, 0.29) is 0 Å². The van der Waals surface area contributed by atoms with Crippen molar-refractivity contribution in [2.75, 3.05) is 12.3 Å². The Balaban J connectivity index is 1.53. The minimum atomic E-state index is 0.863. The predicted molar refractivity (Wildman–Crippen MR) is 73.0 cm³/mol. The molecule has 1 saturated carbocycles. The molecule has 1 aliphatic rings. The average molecular weight is 235 g/mol. The summed E-state index contributed by atoms with van der Waals surface area (Å²) >= 11 is 2.05. The van der Waals surface area contributed by atoms with Crippen LogP contribution in [0, 0.1) is 6.92 Å². The molecule has 2 rings (SSSR count). The zero-order chi connectivity index (χ0) is 11.2. The number of rotatable bonds is 7. The lowest BCUT2D eigenvalue weighted by Crippen LogP contribution is -2.17. The molecular weight excluding hydrogens is 214 g/mol. The van der Waals surface area contributed by atoms with Crippen molar-refractivity contribution in [3.05, 3.63) is 35.4 Å². The van der Waals surface area contributed by atoms with E-state index in [0.717, 1.165) is 11.8 Å². The van der Waals surface area contributed by atoms with E-state index < -0.39 is 0 Å². The van der Waals surface area contributed by atoms with E-state index in [0.29, 0.717) is 0 Å². The molecule has 0 aromatic heterocycles. The minimum Gasteiger partial charge on any atom is -0.314 e. The maximum absolute atomic E-state index is 3.55. The van der Waals surface area contributed by atoms with Gasteiger partial charge >= 0.3 is 0 Å². The molecule has 0 unspecified atom stereocenters. The Labute approximate surface area is 103 Å². The zero-order valence-electron chi connectivity index (χ0n) is 10.0. The average Bonchev–Trinajstić information content (AvgIpc) is 3.07. The van der Waals surface area contributed by atoms with Crippen molar-refractivity contribution < 1.29 is 0 Å². The third-order valence-electron chi connectivity index (χ3n) is 2.83. The highest BCUT2D eigenvalue weighted by Crippen LogP contribution is 2.19. The van der Waals surface area contributed by atoms with Crippen LogP contribution in [0.25, 0.3) is 0 Å². The Morgan fingerprint density at radius 2 is 2.25 bits per heavy atom. The highest BCUT2D eigenvalue weighted by molar-refractivity contribution is 7.98. The smallest absolute Gasteiger partial charge is 0.0184 e. The van der Waals surface area contributed by atoms with Gasteiger partial charge in [-0.05, 0) is 44.0 Å². The van der Waals surface area contributed by atoms with Gasteiger partial charge in [0, 0.05) is 11.8 Å². The molecule has 1 aromatic rings. The van der Waals surface area contributed by atoms with Crippen LogP contribution in [0.4, 0.5) is 0 Å². The number of aryl methyl sites for hydroxylation is 1. The van der Waals surface area contributed by atoms with Gasteiger partial charge in [0.15, 0.2) is 0 Å². The van der Waals surface area contributed by atoms with E-state index >= 15 is 0 Å². The van der Waals surface area contributed by atoms with E-state index in [2.05, 4.69) is 36.5 Å². The summed E-state index contributed by atoms with van der Waals surface area (Å²) in [6.45, 7) is 3.36. The van der Waals surface area contributed by atoms with Crippen molar-refractivity contribution in [3.8, 4) is 0 Å². The second-order valence-corrected chi connectivity index (χ2v) is 5.73. The fourth-order valence-corrected chi connectivity index (χ4v) is 2.67. The Hall–Kier alpha value is -0.470. The summed E-state index contributed by atoms with van der Waals surface area (Å²) in [5.74, 6) is 2.43. The van der Waals surface area contributed by atoms with Crippen LogP contribution in [0.15, 0.2) is 24.3 Å². The van der Waals surface area contributed by atoms with Crippen molar-refractivity contribution in [3.63, 3.8) is 0 Å². The molecule has 1 fully saturated rings. The number of thioether (sulfide) groups is 1. The first-order valence-electron chi connectivity index (χ1n) is 6.21. The molecule has 1 N–H and O–H groups in total. The summed E-state index contributed by atoms with van der Waals surface area (Å²) in [7, 11) is 0. The van der Waals surface area contributed by atoms with Crippen LogP contribution in [0.3, 0.4) is 0 Å². The standard InChI is InChI=1S/C14H21NS/c1-12-4-2-5-13(10-12)11-16-9-3-8-15-14-6-7-14/h2,4-5,10,14-15H,3,6-9,11H2,1H3. The quantitative estimate of drug-likeness (QED) is 0.727. The first-order valence-corrected chi connectivity index (χ1v) is 7.37. The molecule has 0 bridgehead atoms. The normalized spacial score (nSPS) is 15.3. The van der Waals surface area contributed by atoms with Crippen LogP contribution >= 0.6 is 11.8 Å². The van der Waals surface area contributed by atoms with Crippen molar-refractivity contribution in [1.29, 1.82) is 0 Å². The second kappa shape index (κ2) is 6.31. The minimum absolute atomic E-state index is 0.863. The van der Waals surface area contributed by atoms with Gasteiger partial charge < -0.3 is 5.32 Å². The molecular formula is C14H21NS. The van der Waals surface area contributed by atoms with Crippen LogP contribution < -0.4 is 5.32 Å². The van der Waals surface area contributed by atoms with Crippen molar-refractivity contribution in [2.24, 2.45) is 0 Å². The molecule has 88 valence electrons. The lowest BCUT2D eigenvalue weighted by molar-refractivity contribution is 0.674. The molecule has 2 heteroatoms. The number of benzene rings is 1. The maximum atomic E-state index is 3.55. The summed E-state index contributed by atoms with van der Waals surface area (Å²) in [6, 6.07) is 9.69. The van der Waals surface area contributed by atoms with E-state index in [1.165, 1.54) is 42.7 Å². The number of hydrogen-bond acceptors (Lipinski definition) is 2. The lowest BCUT2D eigenvalue weighted by atomic mass is 10.2. The summed E-state index contributed by atoms with van der Waals surface area (Å²) in [6.07, 6.45) is 4.10. The molecule has 1 nitrogen and oxygen atoms in total. The summed E-state index contributed by atoms with van der Waals surface area (Å²) in [5.41, 5.74) is 2.83. The molecule has 0 aliphatic heterocycles. The molecule has 0 heterocycles. The van der Waals surface area contributed by atoms with Gasteiger partial charge in [-0.2, -0.15) is 11.8 Å². The summed E-state index contributed by atoms with van der Waals surface area (Å²) in [4.78, 5) is 0. The van der Waals surface area contributed by atoms with Crippen LogP contribution in [-0.2, 0) is 5.75 Å². The van der Waals surface area contributed by atoms with E-state index in [1.54, 1.807) is 0 Å². The maximum Gasteiger partial charge on any atom is 0.0184 e.